The fourth-order valence-corrected chi connectivity index (χ4v) is 8.18. The number of carbonyl (C=O) groups is 4. The monoisotopic (exact) mass is 1000 g/mol. The predicted molar refractivity (Wildman–Crippen MR) is 285 cm³/mol. The highest BCUT2D eigenvalue weighted by Crippen LogP contribution is 2.26. The highest BCUT2D eigenvalue weighted by atomic mass is 16.7. The summed E-state index contributed by atoms with van der Waals surface area (Å²) in [4.78, 5) is 50.9. The molecule has 0 aromatic carbocycles. The van der Waals surface area contributed by atoms with Crippen LogP contribution < -0.4 is 0 Å². The van der Waals surface area contributed by atoms with Crippen molar-refractivity contribution in [1.29, 1.82) is 0 Å². The van der Waals surface area contributed by atoms with Gasteiger partial charge in [-0.3, -0.25) is 14.4 Å². The van der Waals surface area contributed by atoms with E-state index >= 15 is 0 Å². The summed E-state index contributed by atoms with van der Waals surface area (Å²) in [5.41, 5.74) is 0. The molecule has 3 N–H and O–H groups in total. The molecule has 0 bridgehead atoms. The Labute approximate surface area is 430 Å². The molecule has 0 aromatic rings. The number of ether oxygens (including phenoxy) is 5. The van der Waals surface area contributed by atoms with Crippen LogP contribution in [0.1, 0.15) is 239 Å². The number of aliphatic carboxylic acids is 1. The maximum atomic E-state index is 13.0. The number of rotatable bonds is 47. The first-order valence-corrected chi connectivity index (χ1v) is 28.3. The number of aliphatic hydroxyl groups is 2. The maximum absolute atomic E-state index is 13.0. The topological polar surface area (TPSA) is 175 Å². The number of hydrogen-bond acceptors (Lipinski definition) is 11. The van der Waals surface area contributed by atoms with Gasteiger partial charge in [0.05, 0.1) is 6.61 Å². The van der Waals surface area contributed by atoms with Crippen LogP contribution >= 0.6 is 0 Å². The van der Waals surface area contributed by atoms with Crippen LogP contribution in [0.2, 0.25) is 0 Å². The number of hydrogen-bond donors (Lipinski definition) is 3. The van der Waals surface area contributed by atoms with Gasteiger partial charge in [-0.15, -0.1) is 0 Å². The van der Waals surface area contributed by atoms with Crippen LogP contribution in [0.5, 0.6) is 0 Å². The third-order valence-corrected chi connectivity index (χ3v) is 12.5. The van der Waals surface area contributed by atoms with Crippen LogP contribution in [-0.4, -0.2) is 89.2 Å². The van der Waals surface area contributed by atoms with E-state index in [4.69, 9.17) is 23.7 Å². The Hall–Kier alpha value is -3.58. The van der Waals surface area contributed by atoms with Gasteiger partial charge in [0, 0.05) is 19.3 Å². The van der Waals surface area contributed by atoms with Crippen molar-refractivity contribution in [2.75, 3.05) is 13.2 Å². The number of allylic oxidation sites excluding steroid dienone is 10. The van der Waals surface area contributed by atoms with Crippen LogP contribution in [0.15, 0.2) is 60.8 Å². The molecule has 6 unspecified atom stereocenters. The molecule has 1 aliphatic heterocycles. The second-order valence-electron chi connectivity index (χ2n) is 19.2. The van der Waals surface area contributed by atoms with Crippen molar-refractivity contribution in [2.24, 2.45) is 0 Å². The Morgan fingerprint density at radius 3 is 1.37 bits per heavy atom. The van der Waals surface area contributed by atoms with Crippen LogP contribution in [0.25, 0.3) is 0 Å². The molecule has 0 aliphatic carbocycles. The zero-order chi connectivity index (χ0) is 51.8. The van der Waals surface area contributed by atoms with Crippen molar-refractivity contribution in [3.63, 3.8) is 0 Å². The number of aliphatic hydroxyl groups excluding tert-OH is 2. The molecule has 0 saturated carbocycles. The van der Waals surface area contributed by atoms with Gasteiger partial charge in [0.2, 0.25) is 0 Å². The van der Waals surface area contributed by atoms with Crippen LogP contribution in [0.3, 0.4) is 0 Å². The Morgan fingerprint density at radius 1 is 0.465 bits per heavy atom. The van der Waals surface area contributed by atoms with E-state index in [1.807, 2.05) is 0 Å². The highest BCUT2D eigenvalue weighted by Gasteiger charge is 2.50. The summed E-state index contributed by atoms with van der Waals surface area (Å²) < 4.78 is 28.3. The van der Waals surface area contributed by atoms with Crippen molar-refractivity contribution in [1.82, 2.24) is 0 Å². The van der Waals surface area contributed by atoms with Crippen LogP contribution in [0.4, 0.5) is 0 Å². The third kappa shape index (κ3) is 37.8. The van der Waals surface area contributed by atoms with Gasteiger partial charge in [-0.25, -0.2) is 4.79 Å². The van der Waals surface area contributed by atoms with Gasteiger partial charge in [0.1, 0.15) is 18.8 Å². The van der Waals surface area contributed by atoms with Crippen LogP contribution in [-0.2, 0) is 42.9 Å². The summed E-state index contributed by atoms with van der Waals surface area (Å²) >= 11 is 0. The summed E-state index contributed by atoms with van der Waals surface area (Å²) in [6, 6.07) is 0. The first kappa shape index (κ1) is 65.4. The third-order valence-electron chi connectivity index (χ3n) is 12.5. The zero-order valence-corrected chi connectivity index (χ0v) is 44.7. The zero-order valence-electron chi connectivity index (χ0n) is 44.7. The van der Waals surface area contributed by atoms with Gasteiger partial charge in [0.15, 0.2) is 24.6 Å². The molecule has 6 atom stereocenters. The molecule has 0 aromatic heterocycles. The summed E-state index contributed by atoms with van der Waals surface area (Å²) in [6.07, 6.45) is 44.9. The van der Waals surface area contributed by atoms with Gasteiger partial charge in [-0.2, -0.15) is 0 Å². The minimum Gasteiger partial charge on any atom is -0.479 e. The fourth-order valence-electron chi connectivity index (χ4n) is 8.18. The SMILES string of the molecule is CCC/C=C\C/C=C\CCCCCCCC(=O)OC1C(OCC(COC(=O)CCCCCCCC/C=C\C/C=C\C/C=C\CCCCC)OC(=O)CCCCCCCCCCC)OC(C(=O)O)C(O)C1O. The minimum absolute atomic E-state index is 0.0429. The van der Waals surface area contributed by atoms with Crippen molar-refractivity contribution in [3.05, 3.63) is 60.8 Å². The summed E-state index contributed by atoms with van der Waals surface area (Å²) in [6.45, 7) is 5.85. The second kappa shape index (κ2) is 47.4. The molecule has 1 aliphatic rings. The number of carboxylic acids is 1. The lowest BCUT2D eigenvalue weighted by atomic mass is 9.98. The molecule has 1 saturated heterocycles. The first-order valence-electron chi connectivity index (χ1n) is 28.3. The molecule has 71 heavy (non-hydrogen) atoms. The van der Waals surface area contributed by atoms with E-state index in [0.717, 1.165) is 122 Å². The number of carboxylic acid groups (broad SMARTS) is 1. The average Bonchev–Trinajstić information content (AvgIpc) is 3.35. The summed E-state index contributed by atoms with van der Waals surface area (Å²) in [7, 11) is 0. The van der Waals surface area contributed by atoms with Crippen LogP contribution in [0, 0.1) is 0 Å². The molecular weight excluding hydrogens is 901 g/mol. The average molecular weight is 1000 g/mol. The van der Waals surface area contributed by atoms with Gasteiger partial charge in [-0.1, -0.05) is 197 Å². The summed E-state index contributed by atoms with van der Waals surface area (Å²) in [5.74, 6) is -3.15. The fraction of sp³-hybridized carbons (Fsp3) is 0.763. The Morgan fingerprint density at radius 2 is 0.873 bits per heavy atom. The molecular formula is C59H100O12. The van der Waals surface area contributed by atoms with Gasteiger partial charge >= 0.3 is 23.9 Å². The van der Waals surface area contributed by atoms with Gasteiger partial charge < -0.3 is 39.0 Å². The van der Waals surface area contributed by atoms with E-state index in [1.54, 1.807) is 0 Å². The van der Waals surface area contributed by atoms with Gasteiger partial charge in [-0.05, 0) is 83.5 Å². The standard InChI is InChI=1S/C59H100O12/c1-4-7-10-13-16-19-21-23-24-25-26-27-28-30-31-34-36-39-42-45-51(60)67-48-50(69-52(61)46-43-40-37-33-18-15-12-9-6-3)49-68-59-57(55(64)54(63)56(71-59)58(65)66)70-53(62)47-44-41-38-35-32-29-22-20-17-14-11-8-5-2/h11,14,16,19-20,22-24,26-27,50,54-57,59,63-64H,4-10,12-13,15,17-18,21,25,28-49H2,1-3H3,(H,65,66)/b14-11-,19-16-,22-20-,24-23-,27-26-. The molecule has 0 amide bonds. The molecule has 12 heteroatoms. The molecule has 1 fully saturated rings. The van der Waals surface area contributed by atoms with E-state index in [1.165, 1.54) is 57.8 Å². The van der Waals surface area contributed by atoms with E-state index in [9.17, 15) is 34.5 Å². The largest absolute Gasteiger partial charge is 0.479 e. The molecule has 0 spiro atoms. The Balaban J connectivity index is 2.67. The smallest absolute Gasteiger partial charge is 0.335 e. The minimum atomic E-state index is -1.91. The van der Waals surface area contributed by atoms with E-state index < -0.39 is 67.3 Å². The molecule has 1 heterocycles. The van der Waals surface area contributed by atoms with Crippen molar-refractivity contribution < 1.29 is 58.2 Å². The summed E-state index contributed by atoms with van der Waals surface area (Å²) in [5, 5.41) is 31.4. The van der Waals surface area contributed by atoms with E-state index in [2.05, 4.69) is 81.5 Å². The normalized spacial score (nSPS) is 18.9. The Bertz CT molecular complexity index is 1470. The van der Waals surface area contributed by atoms with Crippen molar-refractivity contribution in [3.8, 4) is 0 Å². The number of unbranched alkanes of at least 4 members (excludes halogenated alkanes) is 23. The Kier molecular flexibility index (Phi) is 43.7. The second-order valence-corrected chi connectivity index (χ2v) is 19.2. The molecule has 0 radical (unpaired) electrons. The number of carbonyl (C=O) groups excluding carboxylic acids is 3. The van der Waals surface area contributed by atoms with Crippen molar-refractivity contribution >= 4 is 23.9 Å². The van der Waals surface area contributed by atoms with E-state index in [0.29, 0.717) is 19.3 Å². The number of esters is 3. The molecule has 1 rings (SSSR count). The lowest BCUT2D eigenvalue weighted by molar-refractivity contribution is -0.301. The van der Waals surface area contributed by atoms with Crippen molar-refractivity contribution in [2.45, 2.75) is 276 Å². The van der Waals surface area contributed by atoms with Gasteiger partial charge in [0.25, 0.3) is 0 Å². The molecule has 12 nitrogen and oxygen atoms in total. The highest BCUT2D eigenvalue weighted by molar-refractivity contribution is 5.74. The quantitative estimate of drug-likeness (QED) is 0.0228. The molecule has 408 valence electrons. The van der Waals surface area contributed by atoms with E-state index in [-0.39, 0.29) is 25.9 Å². The predicted octanol–water partition coefficient (Wildman–Crippen LogP) is 14.0. The lowest BCUT2D eigenvalue weighted by Crippen LogP contribution is -2.61. The maximum Gasteiger partial charge on any atom is 0.335 e. The first-order chi connectivity index (χ1) is 34.6. The lowest BCUT2D eigenvalue weighted by Gasteiger charge is -2.40.